The Labute approximate surface area is 171 Å². The third kappa shape index (κ3) is 5.91. The smallest absolute Gasteiger partial charge is 0.341 e. The normalized spacial score (nSPS) is 15.9. The van der Waals surface area contributed by atoms with Crippen LogP contribution in [0.2, 0.25) is 0 Å². The summed E-state index contributed by atoms with van der Waals surface area (Å²) < 4.78 is 31.1. The van der Waals surface area contributed by atoms with Crippen molar-refractivity contribution in [3.05, 3.63) is 23.8 Å². The Morgan fingerprint density at radius 3 is 2.52 bits per heavy atom. The summed E-state index contributed by atoms with van der Waals surface area (Å²) in [5, 5.41) is 14.8. The van der Waals surface area contributed by atoms with Crippen molar-refractivity contribution < 1.29 is 27.9 Å². The minimum absolute atomic E-state index is 0.0260. The molecule has 3 N–H and O–H groups in total. The van der Waals surface area contributed by atoms with Gasteiger partial charge in [0.05, 0.1) is 17.1 Å². The standard InChI is InChI=1S/C19H29N3O6S/c1-13(18(24)21-14-6-4-5-7-14)28-19(25)16-12-15(29(26,27)22(2)3)8-9-17(16)20-10-11-23/h8-9,12-14,20,23H,4-7,10-11H2,1-3H3,(H,21,24)/t13-/m0/s1. The molecule has 1 aliphatic rings. The number of hydrogen-bond donors (Lipinski definition) is 3. The number of aliphatic hydroxyl groups is 1. The monoisotopic (exact) mass is 427 g/mol. The summed E-state index contributed by atoms with van der Waals surface area (Å²) >= 11 is 0. The van der Waals surface area contributed by atoms with Gasteiger partial charge < -0.3 is 20.5 Å². The third-order valence-corrected chi connectivity index (χ3v) is 6.58. The first-order valence-electron chi connectivity index (χ1n) is 9.59. The van der Waals surface area contributed by atoms with Crippen LogP contribution >= 0.6 is 0 Å². The molecule has 2 rings (SSSR count). The van der Waals surface area contributed by atoms with Crippen molar-refractivity contribution in [2.75, 3.05) is 32.6 Å². The molecule has 0 unspecified atom stereocenters. The first kappa shape index (κ1) is 23.1. The minimum atomic E-state index is -3.76. The van der Waals surface area contributed by atoms with Crippen LogP contribution in [0.4, 0.5) is 5.69 Å². The van der Waals surface area contributed by atoms with Gasteiger partial charge in [-0.05, 0) is 38.0 Å². The van der Waals surface area contributed by atoms with Crippen LogP contribution in [0.1, 0.15) is 43.0 Å². The molecule has 1 aliphatic carbocycles. The lowest BCUT2D eigenvalue weighted by molar-refractivity contribution is -0.129. The average Bonchev–Trinajstić information content (AvgIpc) is 3.18. The van der Waals surface area contributed by atoms with Gasteiger partial charge in [-0.3, -0.25) is 4.79 Å². The van der Waals surface area contributed by atoms with Gasteiger partial charge in [0.25, 0.3) is 5.91 Å². The van der Waals surface area contributed by atoms with E-state index in [1.54, 1.807) is 0 Å². The molecule has 0 radical (unpaired) electrons. The number of sulfonamides is 1. The van der Waals surface area contributed by atoms with Gasteiger partial charge in [0.2, 0.25) is 10.0 Å². The fourth-order valence-electron chi connectivity index (χ4n) is 3.07. The molecule has 0 aliphatic heterocycles. The molecule has 9 nitrogen and oxygen atoms in total. The number of amides is 1. The minimum Gasteiger partial charge on any atom is -0.449 e. The molecule has 1 saturated carbocycles. The SMILES string of the molecule is C[C@H](OC(=O)c1cc(S(=O)(=O)N(C)C)ccc1NCCO)C(=O)NC1CCCC1. The maximum atomic E-state index is 12.7. The first-order valence-corrected chi connectivity index (χ1v) is 11.0. The number of hydrogen-bond acceptors (Lipinski definition) is 7. The molecule has 0 bridgehead atoms. The Bertz CT molecular complexity index is 834. The van der Waals surface area contributed by atoms with E-state index in [0.29, 0.717) is 5.69 Å². The zero-order valence-corrected chi connectivity index (χ0v) is 17.8. The van der Waals surface area contributed by atoms with Gasteiger partial charge in [0.15, 0.2) is 6.10 Å². The van der Waals surface area contributed by atoms with Gasteiger partial charge in [0.1, 0.15) is 0 Å². The van der Waals surface area contributed by atoms with Gasteiger partial charge in [-0.1, -0.05) is 12.8 Å². The highest BCUT2D eigenvalue weighted by Gasteiger charge is 2.26. The Balaban J connectivity index is 2.21. The lowest BCUT2D eigenvalue weighted by Crippen LogP contribution is -2.41. The maximum Gasteiger partial charge on any atom is 0.341 e. The molecule has 162 valence electrons. The van der Waals surface area contributed by atoms with Crippen LogP contribution in [0.15, 0.2) is 23.1 Å². The van der Waals surface area contributed by atoms with Crippen LogP contribution in [0, 0.1) is 0 Å². The predicted molar refractivity (Wildman–Crippen MR) is 108 cm³/mol. The number of ether oxygens (including phenoxy) is 1. The second kappa shape index (κ2) is 10.0. The Kier molecular flexibility index (Phi) is 8.00. The van der Waals surface area contributed by atoms with E-state index in [9.17, 15) is 18.0 Å². The fraction of sp³-hybridized carbons (Fsp3) is 0.579. The van der Waals surface area contributed by atoms with Crippen LogP contribution in [-0.2, 0) is 19.6 Å². The average molecular weight is 428 g/mol. The van der Waals surface area contributed by atoms with E-state index in [4.69, 9.17) is 9.84 Å². The molecule has 0 heterocycles. The van der Waals surface area contributed by atoms with Gasteiger partial charge in [-0.15, -0.1) is 0 Å². The number of anilines is 1. The summed E-state index contributed by atoms with van der Waals surface area (Å²) in [6.45, 7) is 1.47. The zero-order chi connectivity index (χ0) is 21.6. The largest absolute Gasteiger partial charge is 0.449 e. The number of carbonyl (C=O) groups excluding carboxylic acids is 2. The van der Waals surface area contributed by atoms with Crippen molar-refractivity contribution >= 4 is 27.6 Å². The fourth-order valence-corrected chi connectivity index (χ4v) is 4.00. The van der Waals surface area contributed by atoms with Gasteiger partial charge in [-0.2, -0.15) is 0 Å². The Hall–Kier alpha value is -2.17. The summed E-state index contributed by atoms with van der Waals surface area (Å²) in [6, 6.07) is 4.10. The van der Waals surface area contributed by atoms with Crippen molar-refractivity contribution in [3.8, 4) is 0 Å². The summed E-state index contributed by atoms with van der Waals surface area (Å²) in [7, 11) is -0.982. The number of benzene rings is 1. The van der Waals surface area contributed by atoms with E-state index in [-0.39, 0.29) is 35.6 Å². The van der Waals surface area contributed by atoms with Crippen LogP contribution < -0.4 is 10.6 Å². The van der Waals surface area contributed by atoms with Crippen molar-refractivity contribution in [2.45, 2.75) is 49.6 Å². The maximum absolute atomic E-state index is 12.7. The van der Waals surface area contributed by atoms with Gasteiger partial charge in [0, 0.05) is 32.4 Å². The zero-order valence-electron chi connectivity index (χ0n) is 17.0. The molecule has 1 amide bonds. The van der Waals surface area contributed by atoms with E-state index in [1.807, 2.05) is 0 Å². The van der Waals surface area contributed by atoms with Crippen LogP contribution in [-0.4, -0.2) is 69.1 Å². The molecule has 0 spiro atoms. The third-order valence-electron chi connectivity index (χ3n) is 4.77. The molecule has 0 aromatic heterocycles. The predicted octanol–water partition coefficient (Wildman–Crippen LogP) is 0.945. The quantitative estimate of drug-likeness (QED) is 0.501. The second-order valence-electron chi connectivity index (χ2n) is 7.18. The number of aliphatic hydroxyl groups excluding tert-OH is 1. The highest BCUT2D eigenvalue weighted by Crippen LogP contribution is 2.24. The number of esters is 1. The molecule has 1 aromatic carbocycles. The Morgan fingerprint density at radius 1 is 1.28 bits per heavy atom. The van der Waals surface area contributed by atoms with Crippen molar-refractivity contribution in [2.24, 2.45) is 0 Å². The highest BCUT2D eigenvalue weighted by molar-refractivity contribution is 7.89. The van der Waals surface area contributed by atoms with Crippen molar-refractivity contribution in [1.29, 1.82) is 0 Å². The van der Waals surface area contributed by atoms with Crippen molar-refractivity contribution in [3.63, 3.8) is 0 Å². The van der Waals surface area contributed by atoms with Crippen LogP contribution in [0.3, 0.4) is 0 Å². The van der Waals surface area contributed by atoms with E-state index >= 15 is 0 Å². The van der Waals surface area contributed by atoms with Gasteiger partial charge >= 0.3 is 5.97 Å². The number of carbonyl (C=O) groups is 2. The molecule has 29 heavy (non-hydrogen) atoms. The lowest BCUT2D eigenvalue weighted by Gasteiger charge is -2.19. The number of nitrogens with one attached hydrogen (secondary N) is 2. The number of nitrogens with zero attached hydrogens (tertiary/aromatic N) is 1. The van der Waals surface area contributed by atoms with Crippen LogP contribution in [0.25, 0.3) is 0 Å². The molecule has 1 fully saturated rings. The summed E-state index contributed by atoms with van der Waals surface area (Å²) in [5.41, 5.74) is 0.284. The molecule has 0 saturated heterocycles. The molecular weight excluding hydrogens is 398 g/mol. The summed E-state index contributed by atoms with van der Waals surface area (Å²) in [6.07, 6.45) is 2.92. The molecular formula is C19H29N3O6S. The first-order chi connectivity index (χ1) is 13.7. The molecule has 1 aromatic rings. The molecule has 1 atom stereocenters. The summed E-state index contributed by atoms with van der Waals surface area (Å²) in [4.78, 5) is 24.9. The lowest BCUT2D eigenvalue weighted by atomic mass is 10.1. The topological polar surface area (TPSA) is 125 Å². The summed E-state index contributed by atoms with van der Waals surface area (Å²) in [5.74, 6) is -1.21. The second-order valence-corrected chi connectivity index (χ2v) is 9.33. The van der Waals surface area contributed by atoms with E-state index in [1.165, 1.54) is 39.2 Å². The van der Waals surface area contributed by atoms with E-state index in [0.717, 1.165) is 30.0 Å². The Morgan fingerprint density at radius 2 is 1.93 bits per heavy atom. The van der Waals surface area contributed by atoms with Crippen molar-refractivity contribution in [1.82, 2.24) is 9.62 Å². The molecule has 10 heteroatoms. The van der Waals surface area contributed by atoms with E-state index in [2.05, 4.69) is 10.6 Å². The number of rotatable bonds is 9. The van der Waals surface area contributed by atoms with E-state index < -0.39 is 22.1 Å². The van der Waals surface area contributed by atoms with Gasteiger partial charge in [-0.25, -0.2) is 17.5 Å². The highest BCUT2D eigenvalue weighted by atomic mass is 32.2. The van der Waals surface area contributed by atoms with Crippen LogP contribution in [0.5, 0.6) is 0 Å².